The van der Waals surface area contributed by atoms with Crippen LogP contribution in [0.25, 0.3) is 5.57 Å². The highest BCUT2D eigenvalue weighted by Gasteiger charge is 2.26. The van der Waals surface area contributed by atoms with Crippen LogP contribution in [0.5, 0.6) is 0 Å². The summed E-state index contributed by atoms with van der Waals surface area (Å²) in [5.74, 6) is 0.303. The van der Waals surface area contributed by atoms with Crippen molar-refractivity contribution in [2.45, 2.75) is 5.92 Å². The van der Waals surface area contributed by atoms with Gasteiger partial charge in [0.05, 0.1) is 5.70 Å². The Morgan fingerprint density at radius 1 is 1.11 bits per heavy atom. The number of nitrogens with zero attached hydrogens (tertiary/aromatic N) is 1. The molecule has 19 heavy (non-hydrogen) atoms. The lowest BCUT2D eigenvalue weighted by Gasteiger charge is -2.20. The third kappa shape index (κ3) is 1.69. The third-order valence-corrected chi connectivity index (χ3v) is 4.98. The van der Waals surface area contributed by atoms with Gasteiger partial charge in [0, 0.05) is 21.2 Å². The highest BCUT2D eigenvalue weighted by Crippen LogP contribution is 2.40. The van der Waals surface area contributed by atoms with Gasteiger partial charge in [0.25, 0.3) is 0 Å². The Bertz CT molecular complexity index is 827. The summed E-state index contributed by atoms with van der Waals surface area (Å²) in [5, 5.41) is 3.40. The zero-order chi connectivity index (χ0) is 12.8. The third-order valence-electron chi connectivity index (χ3n) is 3.53. The molecule has 0 bridgehead atoms. The maximum absolute atomic E-state index is 4.75. The van der Waals surface area contributed by atoms with E-state index in [9.17, 15) is 0 Å². The number of benzene rings is 1. The zero-order valence-electron chi connectivity index (χ0n) is 10.0. The minimum absolute atomic E-state index is 0.303. The fraction of sp³-hybridized carbons (Fsp3) is 0.0625. The zero-order valence-corrected chi connectivity index (χ0v) is 12.4. The molecule has 2 heterocycles. The van der Waals surface area contributed by atoms with E-state index >= 15 is 0 Å². The van der Waals surface area contributed by atoms with Crippen LogP contribution in [-0.2, 0) is 0 Å². The van der Waals surface area contributed by atoms with Gasteiger partial charge in [-0.3, -0.25) is 0 Å². The van der Waals surface area contributed by atoms with Gasteiger partial charge in [-0.2, -0.15) is 0 Å². The van der Waals surface area contributed by atoms with Crippen LogP contribution in [0.2, 0.25) is 0 Å². The Hall–Kier alpha value is -1.45. The monoisotopic (exact) mass is 327 g/mol. The van der Waals surface area contributed by atoms with Crippen molar-refractivity contribution in [3.8, 4) is 0 Å². The van der Waals surface area contributed by atoms with E-state index < -0.39 is 0 Å². The number of thiophene rings is 1. The number of fused-ring (bicyclic) bond motifs is 2. The molecule has 1 aromatic carbocycles. The van der Waals surface area contributed by atoms with Gasteiger partial charge in [-0.05, 0) is 39.0 Å². The number of halogens is 1. The molecule has 0 N–H and O–H groups in total. The Morgan fingerprint density at radius 2 is 1.95 bits per heavy atom. The van der Waals surface area contributed by atoms with Crippen molar-refractivity contribution in [3.05, 3.63) is 79.6 Å². The summed E-state index contributed by atoms with van der Waals surface area (Å²) < 4.78 is 2.21. The molecule has 0 fully saturated rings. The molecule has 3 heteroatoms. The van der Waals surface area contributed by atoms with Gasteiger partial charge in [0.15, 0.2) is 0 Å². The van der Waals surface area contributed by atoms with Crippen molar-refractivity contribution in [2.24, 2.45) is 4.99 Å². The average molecular weight is 328 g/mol. The van der Waals surface area contributed by atoms with Crippen LogP contribution < -0.4 is 9.89 Å². The van der Waals surface area contributed by atoms with Gasteiger partial charge in [-0.15, -0.1) is 11.3 Å². The van der Waals surface area contributed by atoms with Crippen molar-refractivity contribution in [3.63, 3.8) is 0 Å². The predicted molar refractivity (Wildman–Crippen MR) is 82.8 cm³/mol. The minimum Gasteiger partial charge on any atom is -0.236 e. The van der Waals surface area contributed by atoms with Crippen molar-refractivity contribution in [1.82, 2.24) is 0 Å². The van der Waals surface area contributed by atoms with E-state index in [-0.39, 0.29) is 0 Å². The average Bonchev–Trinajstić information content (AvgIpc) is 3.02. The topological polar surface area (TPSA) is 12.4 Å². The molecule has 4 rings (SSSR count). The first-order chi connectivity index (χ1) is 9.34. The van der Waals surface area contributed by atoms with Crippen LogP contribution in [0.3, 0.4) is 0 Å². The van der Waals surface area contributed by atoms with E-state index in [0.717, 1.165) is 14.9 Å². The van der Waals surface area contributed by atoms with Crippen molar-refractivity contribution >= 4 is 32.8 Å². The molecule has 1 aliphatic carbocycles. The summed E-state index contributed by atoms with van der Waals surface area (Å²) >= 11 is 5.33. The lowest BCUT2D eigenvalue weighted by atomic mass is 9.86. The first-order valence-electron chi connectivity index (χ1n) is 6.14. The molecule has 1 aromatic heterocycles. The smallest absolute Gasteiger partial charge is 0.124 e. The highest BCUT2D eigenvalue weighted by molar-refractivity contribution is 9.11. The van der Waals surface area contributed by atoms with Crippen LogP contribution in [0, 0.1) is 0 Å². The SMILES string of the molecule is BrC1=C2N=c3sccc3=C2C(c2ccccc2)C=C1. The maximum atomic E-state index is 4.75. The van der Waals surface area contributed by atoms with Crippen LogP contribution >= 0.6 is 27.3 Å². The van der Waals surface area contributed by atoms with E-state index in [1.165, 1.54) is 16.4 Å². The molecule has 2 aromatic rings. The number of hydrogen-bond acceptors (Lipinski definition) is 2. The maximum Gasteiger partial charge on any atom is 0.124 e. The Labute approximate surface area is 123 Å². The van der Waals surface area contributed by atoms with E-state index in [1.807, 2.05) is 0 Å². The summed E-state index contributed by atoms with van der Waals surface area (Å²) in [6.07, 6.45) is 4.37. The first kappa shape index (κ1) is 11.4. The first-order valence-corrected chi connectivity index (χ1v) is 7.81. The molecule has 0 saturated carbocycles. The second kappa shape index (κ2) is 4.29. The van der Waals surface area contributed by atoms with E-state index in [4.69, 9.17) is 4.99 Å². The number of allylic oxidation sites excluding steroid dienone is 4. The molecule has 1 aliphatic heterocycles. The molecule has 1 atom stereocenters. The molecule has 0 spiro atoms. The quantitative estimate of drug-likeness (QED) is 0.760. The normalized spacial score (nSPS) is 20.3. The Balaban J connectivity index is 2.01. The molecule has 0 amide bonds. The summed E-state index contributed by atoms with van der Waals surface area (Å²) in [5.41, 5.74) is 3.75. The van der Waals surface area contributed by atoms with E-state index in [0.29, 0.717) is 5.92 Å². The van der Waals surface area contributed by atoms with Crippen LogP contribution in [0.1, 0.15) is 11.5 Å². The van der Waals surface area contributed by atoms with E-state index in [2.05, 4.69) is 69.9 Å². The lowest BCUT2D eigenvalue weighted by Crippen LogP contribution is -2.19. The van der Waals surface area contributed by atoms with Crippen molar-refractivity contribution in [2.75, 3.05) is 0 Å². The summed E-state index contributed by atoms with van der Waals surface area (Å²) in [6, 6.07) is 12.8. The summed E-state index contributed by atoms with van der Waals surface area (Å²) in [7, 11) is 0. The predicted octanol–water partition coefficient (Wildman–Crippen LogP) is 3.49. The molecule has 0 saturated heterocycles. The van der Waals surface area contributed by atoms with Gasteiger partial charge < -0.3 is 0 Å². The Kier molecular flexibility index (Phi) is 2.57. The molecule has 2 aliphatic rings. The fourth-order valence-corrected chi connectivity index (χ4v) is 3.91. The largest absolute Gasteiger partial charge is 0.236 e. The number of hydrogen-bond donors (Lipinski definition) is 0. The van der Waals surface area contributed by atoms with Crippen LogP contribution in [-0.4, -0.2) is 0 Å². The van der Waals surface area contributed by atoms with Crippen LogP contribution in [0.4, 0.5) is 0 Å². The molecular weight excluding hydrogens is 318 g/mol. The van der Waals surface area contributed by atoms with Gasteiger partial charge in [0.1, 0.15) is 4.67 Å². The van der Waals surface area contributed by atoms with Crippen LogP contribution in [0.15, 0.2) is 69.1 Å². The lowest BCUT2D eigenvalue weighted by molar-refractivity contribution is 1.07. The molecule has 0 radical (unpaired) electrons. The highest BCUT2D eigenvalue weighted by atomic mass is 79.9. The van der Waals surface area contributed by atoms with Gasteiger partial charge in [0.2, 0.25) is 0 Å². The van der Waals surface area contributed by atoms with Gasteiger partial charge in [-0.1, -0.05) is 36.4 Å². The van der Waals surface area contributed by atoms with E-state index in [1.54, 1.807) is 11.3 Å². The molecular formula is C16H10BrNS. The summed E-state index contributed by atoms with van der Waals surface area (Å²) in [4.78, 5) is 4.75. The molecule has 92 valence electrons. The van der Waals surface area contributed by atoms with Gasteiger partial charge >= 0.3 is 0 Å². The standard InChI is InChI=1S/C16H10BrNS/c17-13-7-6-11(10-4-2-1-3-5-10)14-12-8-9-19-16(12)18-15(13)14/h1-9,11H. The van der Waals surface area contributed by atoms with Crippen molar-refractivity contribution < 1.29 is 0 Å². The second-order valence-corrected chi connectivity index (χ2v) is 6.36. The molecule has 1 unspecified atom stereocenters. The van der Waals surface area contributed by atoms with Gasteiger partial charge in [-0.25, -0.2) is 4.99 Å². The molecule has 1 nitrogen and oxygen atoms in total. The second-order valence-electron chi connectivity index (χ2n) is 4.61. The number of rotatable bonds is 1. The minimum atomic E-state index is 0.303. The Morgan fingerprint density at radius 3 is 2.79 bits per heavy atom. The van der Waals surface area contributed by atoms with Crippen molar-refractivity contribution in [1.29, 1.82) is 0 Å². The summed E-state index contributed by atoms with van der Waals surface area (Å²) in [6.45, 7) is 0. The fourth-order valence-electron chi connectivity index (χ4n) is 2.67.